The molecule has 42 heavy (non-hydrogen) atoms. The Balaban J connectivity index is 0.00000288. The van der Waals surface area contributed by atoms with Crippen molar-refractivity contribution in [2.75, 3.05) is 19.0 Å². The Morgan fingerprint density at radius 2 is 2.00 bits per heavy atom. The smallest absolute Gasteiger partial charge is 0.337 e. The number of ether oxygens (including phenoxy) is 1. The van der Waals surface area contributed by atoms with Crippen LogP contribution < -0.4 is 5.32 Å². The number of rotatable bonds is 4. The maximum absolute atomic E-state index is 16.0. The quantitative estimate of drug-likeness (QED) is 0.222. The molecule has 2 aromatic heterocycles. The van der Waals surface area contributed by atoms with Crippen molar-refractivity contribution in [1.82, 2.24) is 19.7 Å². The number of methoxy groups -OCH3 is 1. The van der Waals surface area contributed by atoms with E-state index in [0.717, 1.165) is 29.5 Å². The first-order valence-electron chi connectivity index (χ1n) is 13.6. The van der Waals surface area contributed by atoms with Gasteiger partial charge >= 0.3 is 5.97 Å². The van der Waals surface area contributed by atoms with Crippen molar-refractivity contribution >= 4 is 51.7 Å². The first-order valence-corrected chi connectivity index (χ1v) is 14.4. The molecule has 1 spiro atoms. The molecule has 4 aliphatic rings. The van der Waals surface area contributed by atoms with Gasteiger partial charge in [0, 0.05) is 64.0 Å². The van der Waals surface area contributed by atoms with Gasteiger partial charge in [-0.2, -0.15) is 5.10 Å². The highest BCUT2D eigenvalue weighted by atomic mass is 35.5. The molecule has 2 aromatic carbocycles. The molecule has 0 radical (unpaired) electrons. The molecular formula is C31H28Cl2FN5O3. The van der Waals surface area contributed by atoms with Crippen LogP contribution in [-0.2, 0) is 21.5 Å². The number of fused-ring (bicyclic) bond motifs is 7. The standard InChI is InChI=1S/C30H24Cl2FN5O3.CH4/c1-41-28(39)15-4-6-17-20(10-15)36-38-22(17)12-23-26(38)24(18-8-9-34-27(32)25(18)33)30(37(23)13-14-2-3-14)19-7-5-16(31)11-21(19)35-29(30)40;/h4-11,14,23-24,26H,2-3,12-13H2,1H3,(H,35,40);1H4/t23-,24-,26+,30+;/m0./s1. The third-order valence-corrected chi connectivity index (χ3v) is 9.79. The minimum absolute atomic E-state index is 0. The van der Waals surface area contributed by atoms with Gasteiger partial charge in [-0.15, -0.1) is 0 Å². The number of halogens is 3. The highest BCUT2D eigenvalue weighted by Gasteiger charge is 2.69. The van der Waals surface area contributed by atoms with Crippen LogP contribution >= 0.6 is 23.2 Å². The van der Waals surface area contributed by atoms with Crippen molar-refractivity contribution in [2.24, 2.45) is 5.92 Å². The number of likely N-dealkylation sites (tertiary alicyclic amines) is 1. The van der Waals surface area contributed by atoms with Gasteiger partial charge in [-0.3, -0.25) is 14.4 Å². The summed E-state index contributed by atoms with van der Waals surface area (Å²) in [4.78, 5) is 32.9. The van der Waals surface area contributed by atoms with Gasteiger partial charge in [0.25, 0.3) is 0 Å². The molecule has 1 saturated heterocycles. The van der Waals surface area contributed by atoms with Crippen LogP contribution in [0.5, 0.6) is 0 Å². The van der Waals surface area contributed by atoms with Crippen molar-refractivity contribution in [3.05, 3.63) is 87.0 Å². The minimum Gasteiger partial charge on any atom is -0.465 e. The number of esters is 1. The van der Waals surface area contributed by atoms with Gasteiger partial charge < -0.3 is 10.1 Å². The fourth-order valence-electron chi connectivity index (χ4n) is 7.51. The lowest BCUT2D eigenvalue weighted by molar-refractivity contribution is -0.128. The molecule has 4 aromatic rings. The van der Waals surface area contributed by atoms with Gasteiger partial charge in [0.05, 0.1) is 24.2 Å². The van der Waals surface area contributed by atoms with E-state index < -0.39 is 29.3 Å². The Morgan fingerprint density at radius 1 is 1.19 bits per heavy atom. The predicted octanol–water partition coefficient (Wildman–Crippen LogP) is 6.12. The number of aromatic nitrogens is 3. The average molecular weight is 609 g/mol. The predicted molar refractivity (Wildman–Crippen MR) is 157 cm³/mol. The summed E-state index contributed by atoms with van der Waals surface area (Å²) in [6, 6.07) is 11.9. The molecule has 1 saturated carbocycles. The van der Waals surface area contributed by atoms with Crippen molar-refractivity contribution in [3.8, 4) is 0 Å². The molecule has 3 aliphatic heterocycles. The van der Waals surface area contributed by atoms with E-state index in [2.05, 4.69) is 15.2 Å². The Kier molecular flexibility index (Phi) is 6.17. The second-order valence-corrected chi connectivity index (χ2v) is 12.2. The van der Waals surface area contributed by atoms with Crippen LogP contribution in [0.1, 0.15) is 59.4 Å². The van der Waals surface area contributed by atoms with Gasteiger partial charge in [0.2, 0.25) is 5.91 Å². The van der Waals surface area contributed by atoms with E-state index >= 15 is 4.39 Å². The molecule has 1 N–H and O–H groups in total. The Bertz CT molecular complexity index is 1810. The molecule has 216 valence electrons. The van der Waals surface area contributed by atoms with Gasteiger partial charge in [0.1, 0.15) is 5.54 Å². The summed E-state index contributed by atoms with van der Waals surface area (Å²) < 4.78 is 22.9. The number of carbonyl (C=O) groups is 2. The number of pyridine rings is 1. The Labute approximate surface area is 251 Å². The van der Waals surface area contributed by atoms with Crippen molar-refractivity contribution in [2.45, 2.75) is 50.2 Å². The van der Waals surface area contributed by atoms with Crippen LogP contribution in [-0.4, -0.2) is 51.2 Å². The first kappa shape index (κ1) is 27.3. The fourth-order valence-corrected chi connectivity index (χ4v) is 7.84. The van der Waals surface area contributed by atoms with Crippen LogP contribution in [0.3, 0.4) is 0 Å². The van der Waals surface area contributed by atoms with E-state index in [9.17, 15) is 9.59 Å². The lowest BCUT2D eigenvalue weighted by Crippen LogP contribution is -2.53. The van der Waals surface area contributed by atoms with Crippen LogP contribution in [0.2, 0.25) is 10.2 Å². The van der Waals surface area contributed by atoms with E-state index in [0.29, 0.717) is 46.2 Å². The number of amides is 1. The molecule has 4 atom stereocenters. The summed E-state index contributed by atoms with van der Waals surface area (Å²) in [6.07, 6.45) is 4.27. The zero-order valence-corrected chi connectivity index (χ0v) is 23.4. The molecule has 0 bridgehead atoms. The van der Waals surface area contributed by atoms with Gasteiger partial charge in [0.15, 0.2) is 11.0 Å². The fraction of sp³-hybridized carbons (Fsp3) is 0.355. The first-order chi connectivity index (χ1) is 19.8. The number of nitrogens with one attached hydrogen (secondary N) is 1. The van der Waals surface area contributed by atoms with E-state index in [1.165, 1.54) is 13.3 Å². The summed E-state index contributed by atoms with van der Waals surface area (Å²) in [7, 11) is 1.34. The van der Waals surface area contributed by atoms with E-state index in [-0.39, 0.29) is 24.5 Å². The number of nitrogens with zero attached hydrogens (tertiary/aromatic N) is 4. The van der Waals surface area contributed by atoms with Gasteiger partial charge in [-0.1, -0.05) is 42.8 Å². The van der Waals surface area contributed by atoms with Crippen molar-refractivity contribution in [3.63, 3.8) is 0 Å². The van der Waals surface area contributed by atoms with Crippen LogP contribution in [0.15, 0.2) is 48.7 Å². The third kappa shape index (κ3) is 3.56. The number of benzene rings is 2. The number of hydrogen-bond donors (Lipinski definition) is 1. The molecular weight excluding hydrogens is 580 g/mol. The number of carbonyl (C=O) groups excluding carboxylic acids is 2. The molecule has 1 aliphatic carbocycles. The van der Waals surface area contributed by atoms with Crippen LogP contribution in [0.25, 0.3) is 10.9 Å². The van der Waals surface area contributed by atoms with Gasteiger partial charge in [-0.05, 0) is 49.1 Å². The SMILES string of the molecule is C.COC(=O)c1ccc2c3n(nc2c1)[C@@H]1[C@H](C3)N(CC2CC2)[C@@]2(C(=O)Nc3cc(Cl)ccc32)[C@H]1c1ccnc(Cl)c1F. The second kappa shape index (κ2) is 9.49. The van der Waals surface area contributed by atoms with Gasteiger partial charge in [-0.25, -0.2) is 14.2 Å². The molecule has 8 nitrogen and oxygen atoms in total. The zero-order valence-electron chi connectivity index (χ0n) is 21.9. The average Bonchev–Trinajstić information content (AvgIpc) is 3.41. The largest absolute Gasteiger partial charge is 0.465 e. The highest BCUT2D eigenvalue weighted by molar-refractivity contribution is 6.31. The van der Waals surface area contributed by atoms with E-state index in [4.69, 9.17) is 33.0 Å². The summed E-state index contributed by atoms with van der Waals surface area (Å²) in [5.41, 5.74) is 2.53. The van der Waals surface area contributed by atoms with Crippen LogP contribution in [0, 0.1) is 11.7 Å². The minimum atomic E-state index is -1.21. The Hall–Kier alpha value is -3.53. The normalized spacial score (nSPS) is 25.7. The zero-order chi connectivity index (χ0) is 28.2. The molecule has 0 unspecified atom stereocenters. The summed E-state index contributed by atoms with van der Waals surface area (Å²) in [5, 5.41) is 9.24. The maximum atomic E-state index is 16.0. The summed E-state index contributed by atoms with van der Waals surface area (Å²) in [6.45, 7) is 0.697. The maximum Gasteiger partial charge on any atom is 0.337 e. The number of anilines is 1. The summed E-state index contributed by atoms with van der Waals surface area (Å²) in [5.74, 6) is -1.52. The molecule has 5 heterocycles. The molecule has 8 rings (SSSR count). The lowest BCUT2D eigenvalue weighted by Gasteiger charge is -2.40. The van der Waals surface area contributed by atoms with Crippen molar-refractivity contribution in [1.29, 1.82) is 0 Å². The highest BCUT2D eigenvalue weighted by Crippen LogP contribution is 2.64. The molecule has 11 heteroatoms. The Morgan fingerprint density at radius 3 is 2.76 bits per heavy atom. The topological polar surface area (TPSA) is 89.4 Å². The van der Waals surface area contributed by atoms with E-state index in [1.54, 1.807) is 30.3 Å². The van der Waals surface area contributed by atoms with Crippen LogP contribution in [0.4, 0.5) is 10.1 Å². The lowest BCUT2D eigenvalue weighted by atomic mass is 9.74. The monoisotopic (exact) mass is 607 g/mol. The number of hydrogen-bond acceptors (Lipinski definition) is 6. The van der Waals surface area contributed by atoms with Crippen molar-refractivity contribution < 1.29 is 18.7 Å². The second-order valence-electron chi connectivity index (χ2n) is 11.4. The molecule has 1 amide bonds. The third-order valence-electron chi connectivity index (χ3n) is 9.30. The van der Waals surface area contributed by atoms with E-state index in [1.807, 2.05) is 16.8 Å². The molecule has 2 fully saturated rings. The summed E-state index contributed by atoms with van der Waals surface area (Å²) >= 11 is 12.6.